The van der Waals surface area contributed by atoms with Gasteiger partial charge in [-0.2, -0.15) is 0 Å². The van der Waals surface area contributed by atoms with Crippen molar-refractivity contribution in [2.45, 2.75) is 51.0 Å². The van der Waals surface area contributed by atoms with Crippen molar-refractivity contribution in [1.29, 1.82) is 0 Å². The summed E-state index contributed by atoms with van der Waals surface area (Å²) in [6.45, 7) is 0. The summed E-state index contributed by atoms with van der Waals surface area (Å²) in [5.74, 6) is 1.59. The minimum absolute atomic E-state index is 0.0436. The largest absolute Gasteiger partial charge is 0.446 e. The Hall–Kier alpha value is -0.930. The van der Waals surface area contributed by atoms with E-state index in [1.807, 2.05) is 0 Å². The van der Waals surface area contributed by atoms with Gasteiger partial charge in [-0.25, -0.2) is 4.79 Å². The summed E-state index contributed by atoms with van der Waals surface area (Å²) in [6.07, 6.45) is 8.16. The fraction of sp³-hybridized carbons (Fsp3) is 0.588. The van der Waals surface area contributed by atoms with E-state index in [1.54, 1.807) is 18.2 Å². The molecule has 2 saturated carbocycles. The Labute approximate surface area is 141 Å². The van der Waals surface area contributed by atoms with E-state index in [9.17, 15) is 4.79 Å². The van der Waals surface area contributed by atoms with Crippen molar-refractivity contribution in [1.82, 2.24) is 0 Å². The molecule has 1 N–H and O–H groups in total. The van der Waals surface area contributed by atoms with Gasteiger partial charge in [0.2, 0.25) is 0 Å². The number of carbonyl (C=O) groups excluding carboxylic acids is 1. The van der Waals surface area contributed by atoms with E-state index in [0.29, 0.717) is 15.7 Å². The molecule has 120 valence electrons. The Kier molecular flexibility index (Phi) is 5.14. The van der Waals surface area contributed by atoms with E-state index in [4.69, 9.17) is 27.9 Å². The number of nitrogens with one attached hydrogen (secondary N) is 1. The van der Waals surface area contributed by atoms with Crippen LogP contribution in [0, 0.1) is 11.8 Å². The molecule has 2 aliphatic carbocycles. The van der Waals surface area contributed by atoms with E-state index in [2.05, 4.69) is 5.32 Å². The fourth-order valence-electron chi connectivity index (χ4n) is 3.81. The molecule has 0 heterocycles. The Morgan fingerprint density at radius 3 is 2.59 bits per heavy atom. The highest BCUT2D eigenvalue weighted by atomic mass is 35.5. The summed E-state index contributed by atoms with van der Waals surface area (Å²) in [7, 11) is 0. The molecule has 0 unspecified atom stereocenters. The molecule has 1 aromatic carbocycles. The first-order valence-electron chi connectivity index (χ1n) is 8.04. The van der Waals surface area contributed by atoms with Gasteiger partial charge in [0, 0.05) is 5.69 Å². The van der Waals surface area contributed by atoms with Crippen LogP contribution in [-0.2, 0) is 4.74 Å². The molecular weight excluding hydrogens is 321 g/mol. The first-order valence-corrected chi connectivity index (χ1v) is 8.80. The number of hydrogen-bond acceptors (Lipinski definition) is 2. The van der Waals surface area contributed by atoms with Gasteiger partial charge in [-0.15, -0.1) is 0 Å². The van der Waals surface area contributed by atoms with E-state index in [-0.39, 0.29) is 6.10 Å². The van der Waals surface area contributed by atoms with Crippen LogP contribution >= 0.6 is 23.2 Å². The topological polar surface area (TPSA) is 38.3 Å². The Balaban J connectivity index is 1.52. The molecule has 1 amide bonds. The quantitative estimate of drug-likeness (QED) is 0.726. The number of ether oxygens (including phenoxy) is 1. The molecule has 1 aromatic rings. The van der Waals surface area contributed by atoms with Gasteiger partial charge in [0.1, 0.15) is 6.10 Å². The minimum atomic E-state index is -0.405. The van der Waals surface area contributed by atoms with Crippen molar-refractivity contribution in [3.63, 3.8) is 0 Å². The van der Waals surface area contributed by atoms with Gasteiger partial charge < -0.3 is 4.74 Å². The smallest absolute Gasteiger partial charge is 0.411 e. The lowest BCUT2D eigenvalue weighted by molar-refractivity contribution is 0.0339. The standard InChI is InChI=1S/C17H21Cl2NO2/c18-15-8-6-13(10-16(15)19)20-17(21)22-14-7-5-11-3-1-2-4-12(11)9-14/h6,8,10-12,14H,1-5,7,9H2,(H,20,21)/t11-,12+,14-/m0/s1. The zero-order chi connectivity index (χ0) is 15.5. The summed E-state index contributed by atoms with van der Waals surface area (Å²) in [4.78, 5) is 12.0. The third kappa shape index (κ3) is 3.88. The third-order valence-electron chi connectivity index (χ3n) is 4.93. The molecule has 0 spiro atoms. The number of carbonyl (C=O) groups is 1. The lowest BCUT2D eigenvalue weighted by Crippen LogP contribution is -2.33. The van der Waals surface area contributed by atoms with Gasteiger partial charge in [-0.3, -0.25) is 5.32 Å². The van der Waals surface area contributed by atoms with Gasteiger partial charge in [0.25, 0.3) is 0 Å². The third-order valence-corrected chi connectivity index (χ3v) is 5.67. The lowest BCUT2D eigenvalue weighted by Gasteiger charge is -2.38. The maximum Gasteiger partial charge on any atom is 0.411 e. The predicted molar refractivity (Wildman–Crippen MR) is 89.7 cm³/mol. The van der Waals surface area contributed by atoms with Crippen LogP contribution in [0.25, 0.3) is 0 Å². The second-order valence-electron chi connectivity index (χ2n) is 6.40. The summed E-state index contributed by atoms with van der Waals surface area (Å²) in [6, 6.07) is 5.00. The van der Waals surface area contributed by atoms with Gasteiger partial charge in [-0.05, 0) is 49.3 Å². The van der Waals surface area contributed by atoms with Gasteiger partial charge in [0.15, 0.2) is 0 Å². The molecule has 0 aromatic heterocycles. The first kappa shape index (κ1) is 15.9. The summed E-state index contributed by atoms with van der Waals surface area (Å²) >= 11 is 11.8. The molecule has 2 fully saturated rings. The van der Waals surface area contributed by atoms with Crippen LogP contribution < -0.4 is 5.32 Å². The number of hydrogen-bond donors (Lipinski definition) is 1. The van der Waals surface area contributed by atoms with Crippen molar-refractivity contribution in [2.24, 2.45) is 11.8 Å². The highest BCUT2D eigenvalue weighted by Crippen LogP contribution is 2.41. The Morgan fingerprint density at radius 1 is 1.05 bits per heavy atom. The van der Waals surface area contributed by atoms with Crippen LogP contribution in [0.2, 0.25) is 10.0 Å². The van der Waals surface area contributed by atoms with Crippen molar-refractivity contribution in [3.8, 4) is 0 Å². The summed E-state index contributed by atoms with van der Waals surface area (Å²) in [5.41, 5.74) is 0.603. The SMILES string of the molecule is O=C(Nc1ccc(Cl)c(Cl)c1)O[C@H]1CC[C@@H]2CCCC[C@@H]2C1. The van der Waals surface area contributed by atoms with Crippen LogP contribution in [-0.4, -0.2) is 12.2 Å². The molecule has 3 nitrogen and oxygen atoms in total. The van der Waals surface area contributed by atoms with Crippen molar-refractivity contribution in [3.05, 3.63) is 28.2 Å². The molecule has 5 heteroatoms. The number of amides is 1. The molecule has 0 radical (unpaired) electrons. The van der Waals surface area contributed by atoms with Gasteiger partial charge >= 0.3 is 6.09 Å². The second-order valence-corrected chi connectivity index (χ2v) is 7.21. The normalized spacial score (nSPS) is 27.8. The van der Waals surface area contributed by atoms with Crippen LogP contribution in [0.5, 0.6) is 0 Å². The number of anilines is 1. The Bertz CT molecular complexity index is 549. The average Bonchev–Trinajstić information content (AvgIpc) is 2.51. The second kappa shape index (κ2) is 7.10. The van der Waals surface area contributed by atoms with E-state index < -0.39 is 6.09 Å². The lowest BCUT2D eigenvalue weighted by atomic mass is 9.70. The van der Waals surface area contributed by atoms with Crippen molar-refractivity contribution in [2.75, 3.05) is 5.32 Å². The van der Waals surface area contributed by atoms with Crippen LogP contribution in [0.1, 0.15) is 44.9 Å². The van der Waals surface area contributed by atoms with Gasteiger partial charge in [-0.1, -0.05) is 48.9 Å². The number of benzene rings is 1. The fourth-order valence-corrected chi connectivity index (χ4v) is 4.11. The van der Waals surface area contributed by atoms with Crippen molar-refractivity contribution < 1.29 is 9.53 Å². The summed E-state index contributed by atoms with van der Waals surface area (Å²) in [5, 5.41) is 3.61. The minimum Gasteiger partial charge on any atom is -0.446 e. The molecule has 3 rings (SSSR count). The number of fused-ring (bicyclic) bond motifs is 1. The predicted octanol–water partition coefficient (Wildman–Crippen LogP) is 5.90. The Morgan fingerprint density at radius 2 is 1.82 bits per heavy atom. The van der Waals surface area contributed by atoms with Crippen LogP contribution in [0.15, 0.2) is 18.2 Å². The molecule has 2 aliphatic rings. The van der Waals surface area contributed by atoms with E-state index >= 15 is 0 Å². The molecule has 3 atom stereocenters. The molecule has 0 saturated heterocycles. The van der Waals surface area contributed by atoms with E-state index in [1.165, 1.54) is 32.1 Å². The first-order chi connectivity index (χ1) is 10.6. The van der Waals surface area contributed by atoms with Crippen LogP contribution in [0.3, 0.4) is 0 Å². The average molecular weight is 342 g/mol. The maximum atomic E-state index is 12.0. The molecule has 22 heavy (non-hydrogen) atoms. The molecule has 0 bridgehead atoms. The highest BCUT2D eigenvalue weighted by molar-refractivity contribution is 6.42. The van der Waals surface area contributed by atoms with Gasteiger partial charge in [0.05, 0.1) is 10.0 Å². The number of rotatable bonds is 2. The monoisotopic (exact) mass is 341 g/mol. The summed E-state index contributed by atoms with van der Waals surface area (Å²) < 4.78 is 5.59. The number of halogens is 2. The zero-order valence-electron chi connectivity index (χ0n) is 12.5. The van der Waals surface area contributed by atoms with Crippen molar-refractivity contribution >= 4 is 35.0 Å². The molecule has 0 aliphatic heterocycles. The highest BCUT2D eigenvalue weighted by Gasteiger charge is 2.33. The van der Waals surface area contributed by atoms with E-state index in [0.717, 1.165) is 24.7 Å². The maximum absolute atomic E-state index is 12.0. The molecular formula is C17H21Cl2NO2. The van der Waals surface area contributed by atoms with Crippen LogP contribution in [0.4, 0.5) is 10.5 Å². The zero-order valence-corrected chi connectivity index (χ0v) is 14.0.